The smallest absolute Gasteiger partial charge is 0.228 e. The molecule has 1 unspecified atom stereocenters. The topological polar surface area (TPSA) is 80.1 Å². The Morgan fingerprint density at radius 3 is 2.95 bits per heavy atom. The molecule has 0 bridgehead atoms. The van der Waals surface area contributed by atoms with Crippen molar-refractivity contribution in [2.24, 2.45) is 5.92 Å². The largest absolute Gasteiger partial charge is 0.355 e. The number of aromatic nitrogens is 2. The summed E-state index contributed by atoms with van der Waals surface area (Å²) in [4.78, 5) is 16.2. The molecule has 1 saturated heterocycles. The standard InChI is InChI=1S/C15H17ClN4O2/c16-12-3-1-10(2-4-12)14-19-13(22-20-14)6-8-18-15(21)11-5-7-17-9-11/h1-4,11,17H,5-9H2,(H,18,21). The minimum absolute atomic E-state index is 0.0762. The van der Waals surface area contributed by atoms with Gasteiger partial charge in [0.2, 0.25) is 17.6 Å². The first-order valence-electron chi connectivity index (χ1n) is 7.29. The zero-order valence-electron chi connectivity index (χ0n) is 12.0. The van der Waals surface area contributed by atoms with Crippen molar-refractivity contribution >= 4 is 17.5 Å². The van der Waals surface area contributed by atoms with Crippen LogP contribution in [0.2, 0.25) is 5.02 Å². The van der Waals surface area contributed by atoms with Crippen molar-refractivity contribution in [1.29, 1.82) is 0 Å². The Hall–Kier alpha value is -1.92. The Balaban J connectivity index is 1.51. The van der Waals surface area contributed by atoms with E-state index in [9.17, 15) is 4.79 Å². The number of hydrogen-bond acceptors (Lipinski definition) is 5. The van der Waals surface area contributed by atoms with Gasteiger partial charge in [0.25, 0.3) is 0 Å². The van der Waals surface area contributed by atoms with Crippen molar-refractivity contribution in [3.8, 4) is 11.4 Å². The predicted octanol–water partition coefficient (Wildman–Crippen LogP) is 1.66. The van der Waals surface area contributed by atoms with Gasteiger partial charge in [-0.15, -0.1) is 0 Å². The monoisotopic (exact) mass is 320 g/mol. The Kier molecular flexibility index (Phi) is 4.70. The van der Waals surface area contributed by atoms with Gasteiger partial charge in [0.1, 0.15) is 0 Å². The van der Waals surface area contributed by atoms with Crippen LogP contribution in [0, 0.1) is 5.92 Å². The van der Waals surface area contributed by atoms with Gasteiger partial charge in [-0.3, -0.25) is 4.79 Å². The lowest BCUT2D eigenvalue weighted by Gasteiger charge is -2.08. The molecule has 1 fully saturated rings. The lowest BCUT2D eigenvalue weighted by molar-refractivity contribution is -0.124. The number of hydrogen-bond donors (Lipinski definition) is 2. The van der Waals surface area contributed by atoms with Crippen molar-refractivity contribution in [3.63, 3.8) is 0 Å². The summed E-state index contributed by atoms with van der Waals surface area (Å²) in [5.74, 6) is 1.20. The van der Waals surface area contributed by atoms with E-state index in [2.05, 4.69) is 20.8 Å². The minimum atomic E-state index is 0.0762. The van der Waals surface area contributed by atoms with Gasteiger partial charge in [-0.25, -0.2) is 0 Å². The Labute approximate surface area is 133 Å². The number of carbonyl (C=O) groups is 1. The molecule has 0 radical (unpaired) electrons. The number of nitrogens with one attached hydrogen (secondary N) is 2. The molecule has 22 heavy (non-hydrogen) atoms. The van der Waals surface area contributed by atoms with Crippen molar-refractivity contribution < 1.29 is 9.32 Å². The van der Waals surface area contributed by atoms with Gasteiger partial charge in [0.15, 0.2) is 0 Å². The molecule has 1 amide bonds. The normalized spacial score (nSPS) is 17.6. The molecule has 3 rings (SSSR count). The van der Waals surface area contributed by atoms with Crippen molar-refractivity contribution in [2.45, 2.75) is 12.8 Å². The van der Waals surface area contributed by atoms with Crippen LogP contribution in [0.4, 0.5) is 0 Å². The molecule has 116 valence electrons. The first kappa shape index (κ1) is 15.0. The van der Waals surface area contributed by atoms with Crippen LogP contribution in [-0.2, 0) is 11.2 Å². The summed E-state index contributed by atoms with van der Waals surface area (Å²) in [6.45, 7) is 2.16. The maximum atomic E-state index is 11.9. The zero-order valence-corrected chi connectivity index (χ0v) is 12.8. The van der Waals surface area contributed by atoms with E-state index in [4.69, 9.17) is 16.1 Å². The van der Waals surface area contributed by atoms with E-state index < -0.39 is 0 Å². The summed E-state index contributed by atoms with van der Waals surface area (Å²) in [6, 6.07) is 7.24. The van der Waals surface area contributed by atoms with Crippen LogP contribution >= 0.6 is 11.6 Å². The highest BCUT2D eigenvalue weighted by Gasteiger charge is 2.21. The van der Waals surface area contributed by atoms with Gasteiger partial charge in [-0.1, -0.05) is 16.8 Å². The average Bonchev–Trinajstić information content (AvgIpc) is 3.19. The second-order valence-electron chi connectivity index (χ2n) is 5.25. The summed E-state index contributed by atoms with van der Waals surface area (Å²) in [5.41, 5.74) is 0.848. The lowest BCUT2D eigenvalue weighted by atomic mass is 10.1. The van der Waals surface area contributed by atoms with Crippen LogP contribution in [0.3, 0.4) is 0 Å². The van der Waals surface area contributed by atoms with E-state index >= 15 is 0 Å². The van der Waals surface area contributed by atoms with Crippen molar-refractivity contribution in [1.82, 2.24) is 20.8 Å². The number of halogens is 1. The molecule has 0 spiro atoms. The van der Waals surface area contributed by atoms with Crippen LogP contribution in [0.1, 0.15) is 12.3 Å². The van der Waals surface area contributed by atoms with E-state index in [0.29, 0.717) is 29.7 Å². The zero-order chi connectivity index (χ0) is 15.4. The van der Waals surface area contributed by atoms with Crippen LogP contribution in [0.25, 0.3) is 11.4 Å². The Bertz CT molecular complexity index is 635. The van der Waals surface area contributed by atoms with Gasteiger partial charge >= 0.3 is 0 Å². The summed E-state index contributed by atoms with van der Waals surface area (Å²) < 4.78 is 5.20. The molecule has 0 saturated carbocycles. The molecule has 2 aromatic rings. The van der Waals surface area contributed by atoms with Crippen molar-refractivity contribution in [3.05, 3.63) is 35.2 Å². The number of nitrogens with zero attached hydrogens (tertiary/aromatic N) is 2. The molecule has 1 aromatic carbocycles. The van der Waals surface area contributed by atoms with Crippen LogP contribution in [0.5, 0.6) is 0 Å². The van der Waals surface area contributed by atoms with Crippen LogP contribution < -0.4 is 10.6 Å². The molecular formula is C15H17ClN4O2. The van der Waals surface area contributed by atoms with Gasteiger partial charge < -0.3 is 15.2 Å². The minimum Gasteiger partial charge on any atom is -0.355 e. The first-order chi connectivity index (χ1) is 10.7. The SMILES string of the molecule is O=C(NCCc1nc(-c2ccc(Cl)cc2)no1)C1CCNC1. The summed E-state index contributed by atoms with van der Waals surface area (Å²) in [5, 5.41) is 10.7. The summed E-state index contributed by atoms with van der Waals surface area (Å²) in [6.07, 6.45) is 1.42. The van der Waals surface area contributed by atoms with E-state index in [1.165, 1.54) is 0 Å². The quantitative estimate of drug-likeness (QED) is 0.875. The number of carbonyl (C=O) groups excluding carboxylic acids is 1. The summed E-state index contributed by atoms with van der Waals surface area (Å²) >= 11 is 5.85. The molecule has 1 atom stereocenters. The highest BCUT2D eigenvalue weighted by Crippen LogP contribution is 2.18. The Morgan fingerprint density at radius 2 is 2.23 bits per heavy atom. The predicted molar refractivity (Wildman–Crippen MR) is 82.4 cm³/mol. The fraction of sp³-hybridized carbons (Fsp3) is 0.400. The van der Waals surface area contributed by atoms with Gasteiger partial charge in [-0.05, 0) is 37.2 Å². The van der Waals surface area contributed by atoms with Gasteiger partial charge in [0.05, 0.1) is 5.92 Å². The highest BCUT2D eigenvalue weighted by atomic mass is 35.5. The molecule has 2 heterocycles. The molecule has 1 aliphatic rings. The van der Waals surface area contributed by atoms with Gasteiger partial charge in [-0.2, -0.15) is 4.98 Å². The second-order valence-corrected chi connectivity index (χ2v) is 5.69. The molecule has 6 nitrogen and oxygen atoms in total. The van der Waals surface area contributed by atoms with E-state index in [1.54, 1.807) is 12.1 Å². The maximum absolute atomic E-state index is 11.9. The number of rotatable bonds is 5. The van der Waals surface area contributed by atoms with Gasteiger partial charge in [0, 0.05) is 30.1 Å². The molecule has 2 N–H and O–H groups in total. The average molecular weight is 321 g/mol. The molecule has 7 heteroatoms. The second kappa shape index (κ2) is 6.89. The molecule has 0 aliphatic carbocycles. The molecule has 1 aliphatic heterocycles. The van der Waals surface area contributed by atoms with Crippen LogP contribution in [0.15, 0.2) is 28.8 Å². The van der Waals surface area contributed by atoms with Crippen LogP contribution in [-0.4, -0.2) is 35.7 Å². The van der Waals surface area contributed by atoms with Crippen molar-refractivity contribution in [2.75, 3.05) is 19.6 Å². The third-order valence-electron chi connectivity index (χ3n) is 3.64. The fourth-order valence-corrected chi connectivity index (χ4v) is 2.51. The third-order valence-corrected chi connectivity index (χ3v) is 3.89. The number of amides is 1. The maximum Gasteiger partial charge on any atom is 0.228 e. The fourth-order valence-electron chi connectivity index (χ4n) is 2.39. The summed E-state index contributed by atoms with van der Waals surface area (Å²) in [7, 11) is 0. The van der Waals surface area contributed by atoms with E-state index in [-0.39, 0.29) is 11.8 Å². The first-order valence-corrected chi connectivity index (χ1v) is 7.67. The van der Waals surface area contributed by atoms with E-state index in [1.807, 2.05) is 12.1 Å². The Morgan fingerprint density at radius 1 is 1.41 bits per heavy atom. The lowest BCUT2D eigenvalue weighted by Crippen LogP contribution is -2.33. The number of benzene rings is 1. The third kappa shape index (κ3) is 3.64. The molecule has 1 aromatic heterocycles. The highest BCUT2D eigenvalue weighted by molar-refractivity contribution is 6.30. The van der Waals surface area contributed by atoms with E-state index in [0.717, 1.165) is 25.1 Å². The molecular weight excluding hydrogens is 304 g/mol.